The van der Waals surface area contributed by atoms with Gasteiger partial charge in [0, 0.05) is 25.6 Å². The van der Waals surface area contributed by atoms with Gasteiger partial charge in [0.05, 0.1) is 5.25 Å². The fourth-order valence-corrected chi connectivity index (χ4v) is 2.45. The van der Waals surface area contributed by atoms with Gasteiger partial charge in [-0.3, -0.25) is 19.3 Å². The van der Waals surface area contributed by atoms with Gasteiger partial charge in [0.15, 0.2) is 0 Å². The predicted molar refractivity (Wildman–Crippen MR) is 53.9 cm³/mol. The SMILES string of the molecule is CC(=O)CCSC1CC(=O)N(C)C1=O. The van der Waals surface area contributed by atoms with Gasteiger partial charge in [-0.1, -0.05) is 0 Å². The van der Waals surface area contributed by atoms with E-state index in [1.165, 1.54) is 25.7 Å². The maximum atomic E-state index is 11.4. The molecule has 0 saturated carbocycles. The molecular formula is C9H13NO3S. The lowest BCUT2D eigenvalue weighted by atomic mass is 10.3. The third-order valence-electron chi connectivity index (χ3n) is 2.11. The minimum atomic E-state index is -0.271. The molecule has 0 aromatic rings. The van der Waals surface area contributed by atoms with E-state index in [1.54, 1.807) is 0 Å². The topological polar surface area (TPSA) is 54.5 Å². The van der Waals surface area contributed by atoms with Crippen molar-refractivity contribution < 1.29 is 14.4 Å². The molecule has 0 aromatic carbocycles. The molecule has 1 atom stereocenters. The summed E-state index contributed by atoms with van der Waals surface area (Å²) in [6.45, 7) is 1.52. The number of carbonyl (C=O) groups excluding carboxylic acids is 3. The first-order valence-electron chi connectivity index (χ1n) is 4.44. The normalized spacial score (nSPS) is 21.9. The van der Waals surface area contributed by atoms with Crippen LogP contribution in [0.2, 0.25) is 0 Å². The maximum absolute atomic E-state index is 11.4. The minimum Gasteiger partial charge on any atom is -0.300 e. The molecule has 0 bridgehead atoms. The van der Waals surface area contributed by atoms with E-state index in [-0.39, 0.29) is 29.3 Å². The number of carbonyl (C=O) groups is 3. The van der Waals surface area contributed by atoms with Crippen molar-refractivity contribution >= 4 is 29.4 Å². The number of nitrogens with zero attached hydrogens (tertiary/aromatic N) is 1. The van der Waals surface area contributed by atoms with E-state index in [9.17, 15) is 14.4 Å². The number of amides is 2. The van der Waals surface area contributed by atoms with Gasteiger partial charge in [0.1, 0.15) is 5.78 Å². The summed E-state index contributed by atoms with van der Waals surface area (Å²) in [5.74, 6) is 0.467. The smallest absolute Gasteiger partial charge is 0.242 e. The fourth-order valence-electron chi connectivity index (χ4n) is 1.20. The highest BCUT2D eigenvalue weighted by atomic mass is 32.2. The molecule has 0 N–H and O–H groups in total. The van der Waals surface area contributed by atoms with E-state index < -0.39 is 0 Å². The standard InChI is InChI=1S/C9H13NO3S/c1-6(11)3-4-14-7-5-8(12)10(2)9(7)13/h7H,3-5H2,1-2H3. The second-order valence-corrected chi connectivity index (χ2v) is 4.62. The van der Waals surface area contributed by atoms with Crippen LogP contribution >= 0.6 is 11.8 Å². The highest BCUT2D eigenvalue weighted by molar-refractivity contribution is 8.00. The van der Waals surface area contributed by atoms with Gasteiger partial charge in [0.25, 0.3) is 0 Å². The lowest BCUT2D eigenvalue weighted by molar-refractivity contribution is -0.136. The Morgan fingerprint density at radius 1 is 1.57 bits per heavy atom. The monoisotopic (exact) mass is 215 g/mol. The van der Waals surface area contributed by atoms with Gasteiger partial charge in [-0.15, -0.1) is 11.8 Å². The molecule has 0 aliphatic carbocycles. The van der Waals surface area contributed by atoms with Crippen LogP contribution in [-0.2, 0) is 14.4 Å². The van der Waals surface area contributed by atoms with Crippen molar-refractivity contribution in [3.05, 3.63) is 0 Å². The summed E-state index contributed by atoms with van der Waals surface area (Å²) in [5.41, 5.74) is 0. The highest BCUT2D eigenvalue weighted by Gasteiger charge is 2.35. The number of ketones is 1. The van der Waals surface area contributed by atoms with E-state index >= 15 is 0 Å². The van der Waals surface area contributed by atoms with Gasteiger partial charge in [-0.05, 0) is 6.92 Å². The number of rotatable bonds is 4. The summed E-state index contributed by atoms with van der Waals surface area (Å²) in [7, 11) is 1.50. The molecule has 4 nitrogen and oxygen atoms in total. The Morgan fingerprint density at radius 2 is 2.21 bits per heavy atom. The van der Waals surface area contributed by atoms with Crippen LogP contribution in [0.25, 0.3) is 0 Å². The Bertz CT molecular complexity index is 277. The molecular weight excluding hydrogens is 202 g/mol. The lowest BCUT2D eigenvalue weighted by Gasteiger charge is -2.07. The average molecular weight is 215 g/mol. The number of hydrogen-bond acceptors (Lipinski definition) is 4. The van der Waals surface area contributed by atoms with Crippen LogP contribution in [0, 0.1) is 0 Å². The molecule has 1 fully saturated rings. The molecule has 1 heterocycles. The Labute approximate surface area is 87.0 Å². The van der Waals surface area contributed by atoms with Gasteiger partial charge in [-0.25, -0.2) is 0 Å². The second kappa shape index (κ2) is 4.59. The van der Waals surface area contributed by atoms with Crippen molar-refractivity contribution in [3.8, 4) is 0 Å². The highest BCUT2D eigenvalue weighted by Crippen LogP contribution is 2.24. The largest absolute Gasteiger partial charge is 0.300 e. The molecule has 78 valence electrons. The van der Waals surface area contributed by atoms with Crippen molar-refractivity contribution in [2.75, 3.05) is 12.8 Å². The maximum Gasteiger partial charge on any atom is 0.242 e. The van der Waals surface area contributed by atoms with Gasteiger partial charge >= 0.3 is 0 Å². The van der Waals surface area contributed by atoms with Crippen molar-refractivity contribution in [3.63, 3.8) is 0 Å². The third-order valence-corrected chi connectivity index (χ3v) is 3.32. The zero-order chi connectivity index (χ0) is 10.7. The number of thioether (sulfide) groups is 1. The van der Waals surface area contributed by atoms with Crippen molar-refractivity contribution in [1.82, 2.24) is 4.90 Å². The minimum absolute atomic E-state index is 0.114. The second-order valence-electron chi connectivity index (χ2n) is 3.31. The molecule has 1 aliphatic rings. The van der Waals surface area contributed by atoms with Crippen molar-refractivity contribution in [2.24, 2.45) is 0 Å². The Hall–Kier alpha value is -0.840. The Morgan fingerprint density at radius 3 is 2.64 bits per heavy atom. The first kappa shape index (κ1) is 11.2. The van der Waals surface area contributed by atoms with E-state index in [0.29, 0.717) is 12.2 Å². The zero-order valence-corrected chi connectivity index (χ0v) is 9.10. The molecule has 0 radical (unpaired) electrons. The number of hydrogen-bond donors (Lipinski definition) is 0. The number of likely N-dealkylation sites (tertiary alicyclic amines) is 1. The molecule has 14 heavy (non-hydrogen) atoms. The van der Waals surface area contributed by atoms with Crippen LogP contribution in [0.4, 0.5) is 0 Å². The van der Waals surface area contributed by atoms with Gasteiger partial charge in [0.2, 0.25) is 11.8 Å². The van der Waals surface area contributed by atoms with E-state index in [0.717, 1.165) is 4.90 Å². The van der Waals surface area contributed by atoms with Crippen LogP contribution in [-0.4, -0.2) is 40.5 Å². The summed E-state index contributed by atoms with van der Waals surface area (Å²) in [6.07, 6.45) is 0.740. The fraction of sp³-hybridized carbons (Fsp3) is 0.667. The van der Waals surface area contributed by atoms with Gasteiger partial charge < -0.3 is 0 Å². The predicted octanol–water partition coefficient (Wildman–Crippen LogP) is 0.456. The Balaban J connectivity index is 2.36. The first-order valence-corrected chi connectivity index (χ1v) is 5.48. The summed E-state index contributed by atoms with van der Waals surface area (Å²) < 4.78 is 0. The molecule has 1 rings (SSSR count). The van der Waals surface area contributed by atoms with Crippen molar-refractivity contribution in [1.29, 1.82) is 0 Å². The molecule has 1 saturated heterocycles. The average Bonchev–Trinajstić information content (AvgIpc) is 2.33. The summed E-state index contributed by atoms with van der Waals surface area (Å²) in [5, 5.41) is -0.271. The lowest BCUT2D eigenvalue weighted by Crippen LogP contribution is -2.26. The molecule has 2 amide bonds. The van der Waals surface area contributed by atoms with E-state index in [4.69, 9.17) is 0 Å². The summed E-state index contributed by atoms with van der Waals surface area (Å²) >= 11 is 1.40. The third kappa shape index (κ3) is 2.57. The summed E-state index contributed by atoms with van der Waals surface area (Å²) in [6, 6.07) is 0. The van der Waals surface area contributed by atoms with Crippen LogP contribution in [0.1, 0.15) is 19.8 Å². The summed E-state index contributed by atoms with van der Waals surface area (Å²) in [4.78, 5) is 34.3. The van der Waals surface area contributed by atoms with Crippen LogP contribution in [0.5, 0.6) is 0 Å². The van der Waals surface area contributed by atoms with Crippen LogP contribution < -0.4 is 0 Å². The first-order chi connectivity index (χ1) is 6.52. The van der Waals surface area contributed by atoms with E-state index in [2.05, 4.69) is 0 Å². The van der Waals surface area contributed by atoms with E-state index in [1.807, 2.05) is 0 Å². The molecule has 1 aliphatic heterocycles. The zero-order valence-electron chi connectivity index (χ0n) is 8.28. The Kier molecular flexibility index (Phi) is 3.69. The molecule has 0 spiro atoms. The molecule has 5 heteroatoms. The van der Waals surface area contributed by atoms with Crippen molar-refractivity contribution in [2.45, 2.75) is 25.0 Å². The van der Waals surface area contributed by atoms with Crippen LogP contribution in [0.3, 0.4) is 0 Å². The number of imide groups is 1. The quantitative estimate of drug-likeness (QED) is 0.639. The molecule has 1 unspecified atom stereocenters. The van der Waals surface area contributed by atoms with Gasteiger partial charge in [-0.2, -0.15) is 0 Å². The van der Waals surface area contributed by atoms with Crippen LogP contribution in [0.15, 0.2) is 0 Å². The number of Topliss-reactive ketones (excluding diaryl/α,β-unsaturated/α-hetero) is 1. The molecule has 0 aromatic heterocycles.